The van der Waals surface area contributed by atoms with Gasteiger partial charge in [-0.2, -0.15) is 0 Å². The van der Waals surface area contributed by atoms with Gasteiger partial charge in [0.25, 0.3) is 0 Å². The molecule has 0 aromatic carbocycles. The Bertz CT molecular complexity index is 1250. The van der Waals surface area contributed by atoms with Crippen LogP contribution in [0.5, 0.6) is 0 Å². The Kier molecular flexibility index (Phi) is 49.0. The first-order valence-electron chi connectivity index (χ1n) is 25.4. The van der Waals surface area contributed by atoms with Crippen LogP contribution in [-0.2, 0) is 23.8 Å². The quantitative estimate of drug-likeness (QED) is 0.0347. The number of carbonyl (C=O) groups is 2. The van der Waals surface area contributed by atoms with E-state index in [1.807, 2.05) is 0 Å². The Morgan fingerprint density at radius 2 is 0.726 bits per heavy atom. The minimum Gasteiger partial charge on any atom is -0.462 e. The predicted molar refractivity (Wildman–Crippen MR) is 269 cm³/mol. The highest BCUT2D eigenvalue weighted by molar-refractivity contribution is 5.70. The summed E-state index contributed by atoms with van der Waals surface area (Å²) in [4.78, 5) is 25.4. The lowest BCUT2D eigenvalue weighted by Crippen LogP contribution is -2.30. The number of hydrogen-bond donors (Lipinski definition) is 0. The highest BCUT2D eigenvalue weighted by Gasteiger charge is 2.17. The van der Waals surface area contributed by atoms with E-state index in [9.17, 15) is 9.59 Å². The summed E-state index contributed by atoms with van der Waals surface area (Å²) < 4.78 is 17.3. The molecule has 0 aliphatic heterocycles. The van der Waals surface area contributed by atoms with Crippen LogP contribution in [-0.4, -0.2) is 37.9 Å². The summed E-state index contributed by atoms with van der Waals surface area (Å²) >= 11 is 0. The van der Waals surface area contributed by atoms with Crippen LogP contribution in [0.25, 0.3) is 0 Å². The summed E-state index contributed by atoms with van der Waals surface area (Å²) in [6.45, 7) is 7.35. The van der Waals surface area contributed by atoms with Gasteiger partial charge in [0.1, 0.15) is 6.61 Å². The fraction of sp³-hybridized carbons (Fsp3) is 0.649. The van der Waals surface area contributed by atoms with E-state index in [0.717, 1.165) is 109 Å². The Morgan fingerprint density at radius 1 is 0.371 bits per heavy atom. The van der Waals surface area contributed by atoms with Gasteiger partial charge in [-0.05, 0) is 109 Å². The van der Waals surface area contributed by atoms with Gasteiger partial charge in [0, 0.05) is 12.8 Å². The van der Waals surface area contributed by atoms with Crippen LogP contribution in [0.1, 0.15) is 213 Å². The fourth-order valence-electron chi connectivity index (χ4n) is 6.58. The van der Waals surface area contributed by atoms with Crippen LogP contribution in [0.4, 0.5) is 0 Å². The maximum Gasteiger partial charge on any atom is 0.306 e. The van der Waals surface area contributed by atoms with Crippen LogP contribution in [0.3, 0.4) is 0 Å². The topological polar surface area (TPSA) is 61.8 Å². The molecule has 0 bridgehead atoms. The first-order valence-corrected chi connectivity index (χ1v) is 25.4. The SMILES string of the molecule is CC/C=C\C/C=C\C/C=C\C/C=C\C/C=C\CCOCC(COC(=O)CCCCCCC/C=C\C/C=C\C/C=C\CC)OC(=O)CCCCCCC/C=C\CCCCCCCC. The van der Waals surface area contributed by atoms with Crippen molar-refractivity contribution < 1.29 is 23.8 Å². The monoisotopic (exact) mass is 859 g/mol. The molecule has 0 saturated carbocycles. The van der Waals surface area contributed by atoms with Gasteiger partial charge in [-0.15, -0.1) is 0 Å². The molecule has 1 unspecified atom stereocenters. The Labute approximate surface area is 383 Å². The molecule has 1 atom stereocenters. The Morgan fingerprint density at radius 3 is 1.18 bits per heavy atom. The fourth-order valence-corrected chi connectivity index (χ4v) is 6.58. The van der Waals surface area contributed by atoms with Crippen molar-refractivity contribution in [3.63, 3.8) is 0 Å². The number of allylic oxidation sites excluding steroid dienone is 17. The highest BCUT2D eigenvalue weighted by Crippen LogP contribution is 2.12. The molecule has 5 nitrogen and oxygen atoms in total. The number of hydrogen-bond acceptors (Lipinski definition) is 5. The van der Waals surface area contributed by atoms with E-state index < -0.39 is 6.10 Å². The summed E-state index contributed by atoms with van der Waals surface area (Å²) in [5.74, 6) is -0.473. The second-order valence-corrected chi connectivity index (χ2v) is 16.3. The summed E-state index contributed by atoms with van der Waals surface area (Å²) in [5.41, 5.74) is 0. The van der Waals surface area contributed by atoms with Crippen molar-refractivity contribution in [2.24, 2.45) is 0 Å². The zero-order chi connectivity index (χ0) is 44.9. The van der Waals surface area contributed by atoms with E-state index in [1.165, 1.54) is 70.6 Å². The molecule has 5 heteroatoms. The average Bonchev–Trinajstić information content (AvgIpc) is 3.27. The molecule has 352 valence electrons. The van der Waals surface area contributed by atoms with Crippen LogP contribution >= 0.6 is 0 Å². The lowest BCUT2D eigenvalue weighted by atomic mass is 10.1. The summed E-state index contributed by atoms with van der Waals surface area (Å²) in [7, 11) is 0. The molecule has 62 heavy (non-hydrogen) atoms. The standard InChI is InChI=1S/C57H94O5/c1-4-7-10-13-16-19-22-25-28-31-34-37-40-43-46-49-52-60-53-55(62-57(59)51-48-45-42-39-36-33-30-27-24-21-18-15-12-9-6-3)54-61-56(58)50-47-44-41-38-35-32-29-26-23-20-17-14-11-8-5-2/h7-8,10-11,16-17,19-20,25-30,34,37,43,46,55H,4-6,9,12-15,18,21-24,31-33,35-36,38-42,44-45,47-54H2,1-3H3/b10-7-,11-8-,19-16-,20-17-,28-25-,29-26-,30-27-,37-34-,46-43-. The van der Waals surface area contributed by atoms with Crippen LogP contribution < -0.4 is 0 Å². The van der Waals surface area contributed by atoms with E-state index in [-0.39, 0.29) is 25.2 Å². The third kappa shape index (κ3) is 49.2. The number of unbranched alkanes of at least 4 members (excludes halogenated alkanes) is 16. The van der Waals surface area contributed by atoms with Crippen molar-refractivity contribution in [2.75, 3.05) is 19.8 Å². The van der Waals surface area contributed by atoms with E-state index in [0.29, 0.717) is 19.4 Å². The number of ether oxygens (including phenoxy) is 3. The Hall–Kier alpha value is -3.44. The van der Waals surface area contributed by atoms with Gasteiger partial charge in [-0.1, -0.05) is 201 Å². The third-order valence-electron chi connectivity index (χ3n) is 10.3. The molecule has 0 spiro atoms. The van der Waals surface area contributed by atoms with Gasteiger partial charge in [0.05, 0.1) is 13.2 Å². The van der Waals surface area contributed by atoms with Gasteiger partial charge in [-0.3, -0.25) is 9.59 Å². The van der Waals surface area contributed by atoms with Crippen molar-refractivity contribution in [1.82, 2.24) is 0 Å². The molecule has 0 fully saturated rings. The molecule has 0 radical (unpaired) electrons. The summed E-state index contributed by atoms with van der Waals surface area (Å²) in [6, 6.07) is 0. The minimum absolute atomic E-state index is 0.0373. The van der Waals surface area contributed by atoms with Crippen molar-refractivity contribution in [2.45, 2.75) is 219 Å². The molecular weight excluding hydrogens is 765 g/mol. The van der Waals surface area contributed by atoms with Crippen LogP contribution in [0.15, 0.2) is 109 Å². The largest absolute Gasteiger partial charge is 0.462 e. The van der Waals surface area contributed by atoms with Gasteiger partial charge >= 0.3 is 11.9 Å². The van der Waals surface area contributed by atoms with Crippen LogP contribution in [0, 0.1) is 0 Å². The zero-order valence-corrected chi connectivity index (χ0v) is 40.3. The highest BCUT2D eigenvalue weighted by atomic mass is 16.6. The number of carbonyl (C=O) groups excluding carboxylic acids is 2. The van der Waals surface area contributed by atoms with Gasteiger partial charge in [0.15, 0.2) is 6.10 Å². The number of rotatable bonds is 45. The molecule has 0 rings (SSSR count). The molecule has 0 aliphatic rings. The van der Waals surface area contributed by atoms with Crippen molar-refractivity contribution in [3.8, 4) is 0 Å². The first-order chi connectivity index (χ1) is 30.6. The Balaban J connectivity index is 4.44. The maximum absolute atomic E-state index is 12.8. The lowest BCUT2D eigenvalue weighted by Gasteiger charge is -2.18. The average molecular weight is 859 g/mol. The first kappa shape index (κ1) is 58.6. The molecule has 0 N–H and O–H groups in total. The van der Waals surface area contributed by atoms with E-state index >= 15 is 0 Å². The molecule has 0 saturated heterocycles. The summed E-state index contributed by atoms with van der Waals surface area (Å²) in [6.07, 6.45) is 71.1. The molecule has 0 aromatic heterocycles. The molecular formula is C57H94O5. The van der Waals surface area contributed by atoms with Crippen molar-refractivity contribution in [3.05, 3.63) is 109 Å². The van der Waals surface area contributed by atoms with Crippen molar-refractivity contribution in [1.29, 1.82) is 0 Å². The lowest BCUT2D eigenvalue weighted by molar-refractivity contribution is -0.162. The second kappa shape index (κ2) is 51.9. The maximum atomic E-state index is 12.8. The molecule has 0 amide bonds. The van der Waals surface area contributed by atoms with E-state index in [2.05, 4.69) is 130 Å². The van der Waals surface area contributed by atoms with Crippen LogP contribution in [0.2, 0.25) is 0 Å². The predicted octanol–water partition coefficient (Wildman–Crippen LogP) is 17.2. The number of esters is 2. The van der Waals surface area contributed by atoms with Gasteiger partial charge < -0.3 is 14.2 Å². The molecule has 0 aliphatic carbocycles. The normalized spacial score (nSPS) is 13.1. The van der Waals surface area contributed by atoms with E-state index in [1.54, 1.807) is 0 Å². The minimum atomic E-state index is -0.593. The molecule has 0 aromatic rings. The van der Waals surface area contributed by atoms with Gasteiger partial charge in [-0.25, -0.2) is 0 Å². The van der Waals surface area contributed by atoms with E-state index in [4.69, 9.17) is 14.2 Å². The molecule has 0 heterocycles. The third-order valence-corrected chi connectivity index (χ3v) is 10.3. The van der Waals surface area contributed by atoms with Crippen molar-refractivity contribution >= 4 is 11.9 Å². The summed E-state index contributed by atoms with van der Waals surface area (Å²) in [5, 5.41) is 0. The smallest absolute Gasteiger partial charge is 0.306 e. The van der Waals surface area contributed by atoms with Gasteiger partial charge in [0.2, 0.25) is 0 Å². The second-order valence-electron chi connectivity index (χ2n) is 16.3. The zero-order valence-electron chi connectivity index (χ0n) is 40.3.